The number of hydrogen-bond donors (Lipinski definition) is 0. The lowest BCUT2D eigenvalue weighted by molar-refractivity contribution is -0.0247. The predicted molar refractivity (Wildman–Crippen MR) is 127 cm³/mol. The molecule has 202 valence electrons. The van der Waals surface area contributed by atoms with Gasteiger partial charge in [0.1, 0.15) is 0 Å². The smallest absolute Gasteiger partial charge is 0.326 e. The van der Waals surface area contributed by atoms with Crippen LogP contribution in [0.5, 0.6) is 0 Å². The fraction of sp³-hybridized carbons (Fsp3) is 0.957. The van der Waals surface area contributed by atoms with Gasteiger partial charge in [-0.25, -0.2) is 0 Å². The molecule has 0 unspecified atom stereocenters. The van der Waals surface area contributed by atoms with E-state index in [2.05, 4.69) is 24.9 Å². The highest BCUT2D eigenvalue weighted by atomic mass is 16.6. The first-order valence-electron chi connectivity index (χ1n) is 12.0. The summed E-state index contributed by atoms with van der Waals surface area (Å²) in [5, 5.41) is 12.2. The summed E-state index contributed by atoms with van der Waals surface area (Å²) in [7, 11) is 0. The van der Waals surface area contributed by atoms with Gasteiger partial charge < -0.3 is 47.8 Å². The molecular formula is C23H45NO10. The molecule has 0 saturated heterocycles. The summed E-state index contributed by atoms with van der Waals surface area (Å²) in [6, 6.07) is 2.15. The van der Waals surface area contributed by atoms with Crippen LogP contribution in [-0.2, 0) is 42.6 Å². The number of hydrogen-bond acceptors (Lipinski definition) is 10. The maximum atomic E-state index is 9.74. The van der Waals surface area contributed by atoms with Crippen molar-refractivity contribution >= 4 is 0 Å². The van der Waals surface area contributed by atoms with E-state index in [1.165, 1.54) is 0 Å². The zero-order valence-electron chi connectivity index (χ0n) is 21.0. The minimum atomic E-state index is 0.0820. The Labute approximate surface area is 204 Å². The van der Waals surface area contributed by atoms with E-state index in [0.717, 1.165) is 13.0 Å². The first kappa shape index (κ1) is 32.9. The average molecular weight is 496 g/mol. The summed E-state index contributed by atoms with van der Waals surface area (Å²) in [6.07, 6.45) is 1.08. The lowest BCUT2D eigenvalue weighted by Crippen LogP contribution is -2.15. The molecule has 0 N–H and O–H groups in total. The summed E-state index contributed by atoms with van der Waals surface area (Å²) < 4.78 is 48.3. The zero-order valence-corrected chi connectivity index (χ0v) is 21.0. The van der Waals surface area contributed by atoms with Crippen molar-refractivity contribution in [3.05, 3.63) is 10.2 Å². The van der Waals surface area contributed by atoms with Crippen LogP contribution in [0.15, 0.2) is 0 Å². The lowest BCUT2D eigenvalue weighted by Gasteiger charge is -2.09. The van der Waals surface area contributed by atoms with Gasteiger partial charge >= 0.3 is 6.07 Å². The van der Waals surface area contributed by atoms with Gasteiger partial charge in [-0.05, 0) is 12.3 Å². The van der Waals surface area contributed by atoms with Crippen molar-refractivity contribution in [2.24, 2.45) is 5.92 Å². The molecule has 0 rings (SSSR count). The van der Waals surface area contributed by atoms with Crippen LogP contribution in [0.3, 0.4) is 0 Å². The van der Waals surface area contributed by atoms with Crippen molar-refractivity contribution in [3.8, 4) is 6.07 Å². The normalized spacial score (nSPS) is 11.1. The highest BCUT2D eigenvalue weighted by molar-refractivity contribution is 4.86. The maximum absolute atomic E-state index is 9.74. The second kappa shape index (κ2) is 30.0. The van der Waals surface area contributed by atoms with E-state index in [1.54, 1.807) is 0 Å². The minimum Gasteiger partial charge on any atom is -0.498 e. The Kier molecular flexibility index (Phi) is 29.0. The summed E-state index contributed by atoms with van der Waals surface area (Å²) in [4.78, 5) is 0. The van der Waals surface area contributed by atoms with Crippen LogP contribution < -0.4 is 0 Å². The van der Waals surface area contributed by atoms with E-state index in [0.29, 0.717) is 112 Å². The Morgan fingerprint density at radius 2 is 0.735 bits per heavy atom. The SMILES string of the molecule is CC(C)CCOCCOCCOCCOCCOCCOCCOCCOCCOCC#[N+][O-]. The number of ether oxygens (including phenoxy) is 9. The third kappa shape index (κ3) is 30.9. The summed E-state index contributed by atoms with van der Waals surface area (Å²) in [6.45, 7) is 13.5. The van der Waals surface area contributed by atoms with Crippen molar-refractivity contribution < 1.29 is 42.6 Å². The number of nitrogens with zero attached hydrogens (tertiary/aromatic N) is 1. The fourth-order valence-electron chi connectivity index (χ4n) is 2.22. The number of rotatable bonds is 28. The van der Waals surface area contributed by atoms with E-state index in [-0.39, 0.29) is 6.61 Å². The van der Waals surface area contributed by atoms with Crippen molar-refractivity contribution in [1.82, 2.24) is 0 Å². The van der Waals surface area contributed by atoms with Gasteiger partial charge in [-0.15, -0.1) is 0 Å². The molecule has 0 radical (unpaired) electrons. The van der Waals surface area contributed by atoms with Gasteiger partial charge in [-0.3, -0.25) is 0 Å². The van der Waals surface area contributed by atoms with E-state index < -0.39 is 0 Å². The van der Waals surface area contributed by atoms with Gasteiger partial charge in [-0.1, -0.05) is 13.8 Å². The Morgan fingerprint density at radius 1 is 0.471 bits per heavy atom. The molecule has 0 spiro atoms. The van der Waals surface area contributed by atoms with E-state index >= 15 is 0 Å². The van der Waals surface area contributed by atoms with Gasteiger partial charge in [-0.2, -0.15) is 0 Å². The molecule has 0 aromatic rings. The molecule has 11 nitrogen and oxygen atoms in total. The molecule has 0 bridgehead atoms. The molecule has 0 heterocycles. The molecule has 0 amide bonds. The monoisotopic (exact) mass is 495 g/mol. The van der Waals surface area contributed by atoms with E-state index in [1.807, 2.05) is 0 Å². The van der Waals surface area contributed by atoms with E-state index in [4.69, 9.17) is 42.6 Å². The highest BCUT2D eigenvalue weighted by Gasteiger charge is 1.96. The van der Waals surface area contributed by atoms with Crippen LogP contribution in [0, 0.1) is 17.2 Å². The van der Waals surface area contributed by atoms with Crippen molar-refractivity contribution in [2.75, 3.05) is 119 Å². The second-order valence-electron chi connectivity index (χ2n) is 7.38. The quantitative estimate of drug-likeness (QED) is 0.118. The largest absolute Gasteiger partial charge is 0.498 e. The van der Waals surface area contributed by atoms with Gasteiger partial charge in [0.2, 0.25) is 0 Å². The van der Waals surface area contributed by atoms with Crippen LogP contribution in [-0.4, -0.2) is 119 Å². The summed E-state index contributed by atoms with van der Waals surface area (Å²) in [5.74, 6) is 0.669. The highest BCUT2D eigenvalue weighted by Crippen LogP contribution is 1.98. The van der Waals surface area contributed by atoms with Gasteiger partial charge in [0.05, 0.1) is 106 Å². The lowest BCUT2D eigenvalue weighted by atomic mass is 10.1. The van der Waals surface area contributed by atoms with Crippen molar-refractivity contribution in [3.63, 3.8) is 0 Å². The van der Waals surface area contributed by atoms with Crippen LogP contribution in [0.25, 0.3) is 5.01 Å². The Morgan fingerprint density at radius 3 is 1.00 bits per heavy atom. The standard InChI is InChI=1S/C23H45NO10/c1-23(2)3-5-26-7-9-28-11-13-30-15-17-32-19-21-34-22-20-33-18-16-31-14-12-29-10-8-27-6-4-24-25/h23H,3,5-22H2,1-2H3. The third-order valence-corrected chi connectivity index (χ3v) is 4.05. The topological polar surface area (TPSA) is 110 Å². The van der Waals surface area contributed by atoms with E-state index in [9.17, 15) is 5.21 Å². The Balaban J connectivity index is 3.02. The second-order valence-corrected chi connectivity index (χ2v) is 7.38. The minimum absolute atomic E-state index is 0.0820. The summed E-state index contributed by atoms with van der Waals surface area (Å²) in [5.41, 5.74) is 0. The molecular weight excluding hydrogens is 450 g/mol. The molecule has 0 aliphatic heterocycles. The van der Waals surface area contributed by atoms with Gasteiger partial charge in [0, 0.05) is 11.6 Å². The van der Waals surface area contributed by atoms with Crippen LogP contribution in [0.1, 0.15) is 20.3 Å². The molecule has 0 fully saturated rings. The molecule has 0 aromatic heterocycles. The maximum Gasteiger partial charge on any atom is 0.326 e. The first-order chi connectivity index (χ1) is 16.8. The molecule has 0 aliphatic rings. The van der Waals surface area contributed by atoms with Gasteiger partial charge in [0.15, 0.2) is 6.61 Å². The van der Waals surface area contributed by atoms with Crippen molar-refractivity contribution in [2.45, 2.75) is 20.3 Å². The van der Waals surface area contributed by atoms with Crippen LogP contribution >= 0.6 is 0 Å². The predicted octanol–water partition coefficient (Wildman–Crippen LogP) is 2.01. The van der Waals surface area contributed by atoms with Gasteiger partial charge in [0.25, 0.3) is 0 Å². The van der Waals surface area contributed by atoms with Crippen LogP contribution in [0.4, 0.5) is 0 Å². The summed E-state index contributed by atoms with van der Waals surface area (Å²) >= 11 is 0. The Hall–Kier alpha value is -1.07. The molecule has 11 heteroatoms. The van der Waals surface area contributed by atoms with Crippen LogP contribution in [0.2, 0.25) is 0 Å². The molecule has 0 aromatic carbocycles. The zero-order chi connectivity index (χ0) is 24.8. The molecule has 0 saturated carbocycles. The molecule has 0 aliphatic carbocycles. The van der Waals surface area contributed by atoms with Crippen molar-refractivity contribution in [1.29, 1.82) is 0 Å². The first-order valence-corrected chi connectivity index (χ1v) is 12.0. The Bertz CT molecular complexity index is 445. The average Bonchev–Trinajstić information content (AvgIpc) is 2.83. The molecule has 0 atom stereocenters. The molecule has 34 heavy (non-hydrogen) atoms. The fourth-order valence-corrected chi connectivity index (χ4v) is 2.22. The third-order valence-electron chi connectivity index (χ3n) is 4.05.